The van der Waals surface area contributed by atoms with Gasteiger partial charge in [0.15, 0.2) is 0 Å². The predicted molar refractivity (Wildman–Crippen MR) is 88.6 cm³/mol. The largest absolute Gasteiger partial charge is 0.381 e. The molecule has 1 heterocycles. The number of fused-ring (bicyclic) bond motifs is 1. The molecule has 1 N–H and O–H groups in total. The number of nitrogens with one attached hydrogen (secondary N) is 1. The number of hydrogen-bond acceptors (Lipinski definition) is 2. The molecule has 0 aromatic heterocycles. The first kappa shape index (κ1) is 14.6. The minimum atomic E-state index is 0.401. The van der Waals surface area contributed by atoms with Gasteiger partial charge in [0.2, 0.25) is 0 Å². The van der Waals surface area contributed by atoms with Crippen molar-refractivity contribution < 1.29 is 4.74 Å². The van der Waals surface area contributed by atoms with Crippen LogP contribution in [0.5, 0.6) is 0 Å². The van der Waals surface area contributed by atoms with E-state index in [0.29, 0.717) is 12.0 Å². The second-order valence-corrected chi connectivity index (χ2v) is 6.07. The molecule has 21 heavy (non-hydrogen) atoms. The quantitative estimate of drug-likeness (QED) is 0.887. The molecule has 2 aromatic carbocycles. The Labute approximate surface area is 127 Å². The van der Waals surface area contributed by atoms with E-state index in [1.165, 1.54) is 21.9 Å². The van der Waals surface area contributed by atoms with Crippen molar-refractivity contribution in [1.82, 2.24) is 5.32 Å². The van der Waals surface area contributed by atoms with Crippen LogP contribution in [0.1, 0.15) is 36.9 Å². The minimum Gasteiger partial charge on any atom is -0.381 e. The van der Waals surface area contributed by atoms with Gasteiger partial charge >= 0.3 is 0 Å². The van der Waals surface area contributed by atoms with E-state index < -0.39 is 0 Å². The van der Waals surface area contributed by atoms with Crippen molar-refractivity contribution in [2.45, 2.75) is 32.7 Å². The summed E-state index contributed by atoms with van der Waals surface area (Å²) in [6.45, 7) is 7.26. The average Bonchev–Trinajstić information content (AvgIpc) is 3.04. The first-order chi connectivity index (χ1) is 10.3. The molecular weight excluding hydrogens is 258 g/mol. The first-order valence-electron chi connectivity index (χ1n) is 8.10. The molecule has 1 saturated heterocycles. The number of aryl methyl sites for hydroxylation is 1. The maximum atomic E-state index is 5.64. The van der Waals surface area contributed by atoms with Gasteiger partial charge in [-0.2, -0.15) is 0 Å². The SMILES string of the molecule is CCCNC(c1ccc(C)c2ccccc12)C1CCOC1. The third-order valence-corrected chi connectivity index (χ3v) is 4.56. The smallest absolute Gasteiger partial charge is 0.0513 e. The molecule has 2 aromatic rings. The highest BCUT2D eigenvalue weighted by Gasteiger charge is 2.27. The lowest BCUT2D eigenvalue weighted by Crippen LogP contribution is -2.29. The predicted octanol–water partition coefficient (Wildman–Crippen LogP) is 4.23. The lowest BCUT2D eigenvalue weighted by Gasteiger charge is -2.26. The topological polar surface area (TPSA) is 21.3 Å². The highest BCUT2D eigenvalue weighted by molar-refractivity contribution is 5.89. The second-order valence-electron chi connectivity index (χ2n) is 6.07. The van der Waals surface area contributed by atoms with Crippen LogP contribution in [0.2, 0.25) is 0 Å². The van der Waals surface area contributed by atoms with Gasteiger partial charge in [-0.15, -0.1) is 0 Å². The first-order valence-corrected chi connectivity index (χ1v) is 8.10. The van der Waals surface area contributed by atoms with Crippen molar-refractivity contribution in [1.29, 1.82) is 0 Å². The van der Waals surface area contributed by atoms with Gasteiger partial charge in [0, 0.05) is 18.6 Å². The number of benzene rings is 2. The van der Waals surface area contributed by atoms with E-state index in [9.17, 15) is 0 Å². The standard InChI is InChI=1S/C19H25NO/c1-3-11-20-19(15-10-12-21-13-15)18-9-8-14(2)16-6-4-5-7-17(16)18/h4-9,15,19-20H,3,10-13H2,1-2H3. The highest BCUT2D eigenvalue weighted by atomic mass is 16.5. The van der Waals surface area contributed by atoms with Crippen molar-refractivity contribution in [2.75, 3.05) is 19.8 Å². The summed E-state index contributed by atoms with van der Waals surface area (Å²) in [5.41, 5.74) is 2.78. The summed E-state index contributed by atoms with van der Waals surface area (Å²) >= 11 is 0. The molecule has 1 fully saturated rings. The van der Waals surface area contributed by atoms with E-state index in [4.69, 9.17) is 4.74 Å². The Bertz CT molecular complexity index is 602. The van der Waals surface area contributed by atoms with E-state index >= 15 is 0 Å². The van der Waals surface area contributed by atoms with Gasteiger partial charge in [0.1, 0.15) is 0 Å². The van der Waals surface area contributed by atoms with Crippen molar-refractivity contribution in [3.8, 4) is 0 Å². The summed E-state index contributed by atoms with van der Waals surface area (Å²) in [6.07, 6.45) is 2.32. The van der Waals surface area contributed by atoms with Crippen molar-refractivity contribution in [3.63, 3.8) is 0 Å². The van der Waals surface area contributed by atoms with Crippen molar-refractivity contribution >= 4 is 10.8 Å². The molecular formula is C19H25NO. The van der Waals surface area contributed by atoms with Gasteiger partial charge in [-0.25, -0.2) is 0 Å². The Morgan fingerprint density at radius 3 is 2.71 bits per heavy atom. The Kier molecular flexibility index (Phi) is 4.57. The Morgan fingerprint density at radius 2 is 2.00 bits per heavy atom. The van der Waals surface area contributed by atoms with Gasteiger partial charge < -0.3 is 10.1 Å². The summed E-state index contributed by atoms with van der Waals surface area (Å²) < 4.78 is 5.64. The molecule has 1 aliphatic rings. The molecule has 2 nitrogen and oxygen atoms in total. The molecule has 0 saturated carbocycles. The Morgan fingerprint density at radius 1 is 1.19 bits per heavy atom. The van der Waals surface area contributed by atoms with E-state index in [1.54, 1.807) is 0 Å². The van der Waals surface area contributed by atoms with Crippen LogP contribution in [0, 0.1) is 12.8 Å². The van der Waals surface area contributed by atoms with E-state index in [0.717, 1.165) is 32.6 Å². The zero-order chi connectivity index (χ0) is 14.7. The van der Waals surface area contributed by atoms with Gasteiger partial charge in [0.25, 0.3) is 0 Å². The molecule has 2 unspecified atom stereocenters. The fourth-order valence-corrected chi connectivity index (χ4v) is 3.39. The van der Waals surface area contributed by atoms with Crippen LogP contribution in [0.15, 0.2) is 36.4 Å². The average molecular weight is 283 g/mol. The highest BCUT2D eigenvalue weighted by Crippen LogP contribution is 2.34. The summed E-state index contributed by atoms with van der Waals surface area (Å²) in [5, 5.41) is 6.52. The summed E-state index contributed by atoms with van der Waals surface area (Å²) in [6, 6.07) is 13.7. The summed E-state index contributed by atoms with van der Waals surface area (Å²) in [5.74, 6) is 0.586. The maximum Gasteiger partial charge on any atom is 0.0513 e. The van der Waals surface area contributed by atoms with Crippen LogP contribution in [0.3, 0.4) is 0 Å². The second kappa shape index (κ2) is 6.59. The van der Waals surface area contributed by atoms with Crippen molar-refractivity contribution in [3.05, 3.63) is 47.5 Å². The van der Waals surface area contributed by atoms with Crippen LogP contribution >= 0.6 is 0 Å². The molecule has 112 valence electrons. The van der Waals surface area contributed by atoms with E-state index in [-0.39, 0.29) is 0 Å². The lowest BCUT2D eigenvalue weighted by atomic mass is 9.88. The zero-order valence-electron chi connectivity index (χ0n) is 13.1. The fourth-order valence-electron chi connectivity index (χ4n) is 3.39. The molecule has 0 amide bonds. The number of hydrogen-bond donors (Lipinski definition) is 1. The monoisotopic (exact) mass is 283 g/mol. The Balaban J connectivity index is 2.03. The van der Waals surface area contributed by atoms with E-state index in [2.05, 4.69) is 55.6 Å². The molecule has 1 aliphatic heterocycles. The summed E-state index contributed by atoms with van der Waals surface area (Å²) in [4.78, 5) is 0. The Hall–Kier alpha value is -1.38. The maximum absolute atomic E-state index is 5.64. The van der Waals surface area contributed by atoms with E-state index in [1.807, 2.05) is 0 Å². The zero-order valence-corrected chi connectivity index (χ0v) is 13.1. The molecule has 0 bridgehead atoms. The number of ether oxygens (including phenoxy) is 1. The van der Waals surface area contributed by atoms with Gasteiger partial charge in [0.05, 0.1) is 6.61 Å². The van der Waals surface area contributed by atoms with Gasteiger partial charge in [-0.3, -0.25) is 0 Å². The minimum absolute atomic E-state index is 0.401. The third kappa shape index (κ3) is 2.97. The van der Waals surface area contributed by atoms with Crippen LogP contribution in [-0.2, 0) is 4.74 Å². The fraction of sp³-hybridized carbons (Fsp3) is 0.474. The van der Waals surface area contributed by atoms with Crippen LogP contribution < -0.4 is 5.32 Å². The number of rotatable bonds is 5. The van der Waals surface area contributed by atoms with Crippen LogP contribution in [-0.4, -0.2) is 19.8 Å². The summed E-state index contributed by atoms with van der Waals surface area (Å²) in [7, 11) is 0. The van der Waals surface area contributed by atoms with Crippen LogP contribution in [0.4, 0.5) is 0 Å². The molecule has 0 aliphatic carbocycles. The molecule has 0 radical (unpaired) electrons. The van der Waals surface area contributed by atoms with Crippen molar-refractivity contribution in [2.24, 2.45) is 5.92 Å². The molecule has 2 heteroatoms. The molecule has 2 atom stereocenters. The molecule has 3 rings (SSSR count). The van der Waals surface area contributed by atoms with Gasteiger partial charge in [-0.1, -0.05) is 43.3 Å². The third-order valence-electron chi connectivity index (χ3n) is 4.56. The molecule has 0 spiro atoms. The van der Waals surface area contributed by atoms with Gasteiger partial charge in [-0.05, 0) is 48.2 Å². The normalized spacial score (nSPS) is 20.0. The van der Waals surface area contributed by atoms with Crippen LogP contribution in [0.25, 0.3) is 10.8 Å². The lowest BCUT2D eigenvalue weighted by molar-refractivity contribution is 0.177.